The molecule has 0 aliphatic rings. The Bertz CT molecular complexity index is 3.25. The minimum atomic E-state index is 0. The zero-order chi connectivity index (χ0) is 0. The van der Waals surface area contributed by atoms with Crippen molar-refractivity contribution in [2.24, 2.45) is 0 Å². The molecule has 0 unspecified atom stereocenters. The van der Waals surface area contributed by atoms with Crippen molar-refractivity contribution in [3.8, 4) is 0 Å². The summed E-state index contributed by atoms with van der Waals surface area (Å²) in [7, 11) is 0. The minimum Gasteiger partial charge on any atom is -2.00 e. The maximum absolute atomic E-state index is 0. The molecule has 0 atom stereocenters. The van der Waals surface area contributed by atoms with Crippen LogP contribution in [0.4, 0.5) is 0 Å². The molecule has 3 nitrogen and oxygen atoms in total. The summed E-state index contributed by atoms with van der Waals surface area (Å²) in [6.07, 6.45) is 0. The summed E-state index contributed by atoms with van der Waals surface area (Å²) in [6, 6.07) is 0. The third kappa shape index (κ3) is 29.4. The molecule has 0 saturated carbocycles. The summed E-state index contributed by atoms with van der Waals surface area (Å²) in [4.78, 5) is 0. The van der Waals surface area contributed by atoms with Gasteiger partial charge in [0.05, 0.1) is 0 Å². The molecule has 0 heterocycles. The van der Waals surface area contributed by atoms with E-state index in [2.05, 4.69) is 0 Å². The molecule has 0 radical (unpaired) electrons. The standard InChI is InChI=1S/Fe.2H2O.O/h;2*1H2;/q+2;;;-2. The third-order valence-electron chi connectivity index (χ3n) is 0. The maximum Gasteiger partial charge on any atom is 2.00 e. The number of rotatable bonds is 0. The summed E-state index contributed by atoms with van der Waals surface area (Å²) >= 11 is 0. The third-order valence-corrected chi connectivity index (χ3v) is 0. The molecule has 0 aliphatic heterocycles. The Morgan fingerprint density at radius 2 is 0.750 bits per heavy atom. The molecule has 0 spiro atoms. The molecule has 0 bridgehead atoms. The zero-order valence-electron chi connectivity index (χ0n) is 1.76. The van der Waals surface area contributed by atoms with Gasteiger partial charge < -0.3 is 16.4 Å². The Morgan fingerprint density at radius 1 is 0.750 bits per heavy atom. The number of hydrogen-bond acceptors (Lipinski definition) is 0. The van der Waals surface area contributed by atoms with E-state index in [0.29, 0.717) is 0 Å². The Balaban J connectivity index is 0. The van der Waals surface area contributed by atoms with Gasteiger partial charge in [-0.3, -0.25) is 0 Å². The van der Waals surface area contributed by atoms with Gasteiger partial charge in [0.25, 0.3) is 0 Å². The van der Waals surface area contributed by atoms with Crippen molar-refractivity contribution < 1.29 is 33.5 Å². The van der Waals surface area contributed by atoms with Crippen LogP contribution in [-0.2, 0) is 22.5 Å². The summed E-state index contributed by atoms with van der Waals surface area (Å²) in [5.41, 5.74) is 0. The van der Waals surface area contributed by atoms with E-state index >= 15 is 0 Å². The van der Waals surface area contributed by atoms with E-state index in [-0.39, 0.29) is 33.5 Å². The molecule has 4 heteroatoms. The van der Waals surface area contributed by atoms with Crippen molar-refractivity contribution in [2.75, 3.05) is 0 Å². The van der Waals surface area contributed by atoms with E-state index in [4.69, 9.17) is 0 Å². The van der Waals surface area contributed by atoms with Gasteiger partial charge in [0.15, 0.2) is 0 Å². The Hall–Kier alpha value is 0.399. The van der Waals surface area contributed by atoms with Gasteiger partial charge in [-0.1, -0.05) is 0 Å². The smallest absolute Gasteiger partial charge is 2.00 e. The Kier molecular flexibility index (Phi) is 9770. The normalized spacial score (nSPS) is 0. The van der Waals surface area contributed by atoms with E-state index in [1.165, 1.54) is 0 Å². The second kappa shape index (κ2) is 123. The van der Waals surface area contributed by atoms with Crippen molar-refractivity contribution in [1.29, 1.82) is 0 Å². The van der Waals surface area contributed by atoms with Gasteiger partial charge in [-0.2, -0.15) is 0 Å². The number of hydrogen-bond donors (Lipinski definition) is 0. The van der Waals surface area contributed by atoms with Gasteiger partial charge in [0, 0.05) is 0 Å². The van der Waals surface area contributed by atoms with E-state index < -0.39 is 0 Å². The second-order valence-corrected chi connectivity index (χ2v) is 0. The molecule has 0 fully saturated rings. The largest absolute Gasteiger partial charge is 2.00 e. The van der Waals surface area contributed by atoms with Crippen LogP contribution in [0.1, 0.15) is 0 Å². The van der Waals surface area contributed by atoms with Crippen LogP contribution in [0.2, 0.25) is 0 Å². The van der Waals surface area contributed by atoms with Gasteiger partial charge >= 0.3 is 17.1 Å². The van der Waals surface area contributed by atoms with Gasteiger partial charge in [-0.05, 0) is 0 Å². The first kappa shape index (κ1) is 319. The average molecular weight is 108 g/mol. The monoisotopic (exact) mass is 108 g/mol. The van der Waals surface area contributed by atoms with E-state index in [1.807, 2.05) is 0 Å². The van der Waals surface area contributed by atoms with Crippen LogP contribution < -0.4 is 0 Å². The molecule has 0 rings (SSSR count). The van der Waals surface area contributed by atoms with Crippen LogP contribution >= 0.6 is 0 Å². The molecule has 30 valence electrons. The summed E-state index contributed by atoms with van der Waals surface area (Å²) < 4.78 is 0. The molecule has 4 N–H and O–H groups in total. The SMILES string of the molecule is O.O.[Fe+2].[O-2]. The van der Waals surface area contributed by atoms with Crippen LogP contribution in [0.25, 0.3) is 0 Å². The van der Waals surface area contributed by atoms with Crippen LogP contribution in [0.15, 0.2) is 0 Å². The minimum absolute atomic E-state index is 0. The second-order valence-electron chi connectivity index (χ2n) is 0. The van der Waals surface area contributed by atoms with Crippen LogP contribution in [0, 0.1) is 0 Å². The molecule has 0 aromatic carbocycles. The van der Waals surface area contributed by atoms with Crippen molar-refractivity contribution in [3.05, 3.63) is 0 Å². The molecule has 0 aromatic heterocycles. The van der Waals surface area contributed by atoms with Gasteiger partial charge in [0.2, 0.25) is 0 Å². The van der Waals surface area contributed by atoms with E-state index in [1.54, 1.807) is 0 Å². The van der Waals surface area contributed by atoms with Gasteiger partial charge in [0.1, 0.15) is 0 Å². The Morgan fingerprint density at radius 3 is 0.750 bits per heavy atom. The summed E-state index contributed by atoms with van der Waals surface area (Å²) in [5.74, 6) is 0. The average Bonchev–Trinajstić information content (AvgIpc) is 0. The Labute approximate surface area is 34.4 Å². The van der Waals surface area contributed by atoms with E-state index in [9.17, 15) is 0 Å². The van der Waals surface area contributed by atoms with Crippen molar-refractivity contribution in [1.82, 2.24) is 0 Å². The molecular formula is H4FeO3. The van der Waals surface area contributed by atoms with Crippen molar-refractivity contribution in [2.45, 2.75) is 0 Å². The first-order chi connectivity index (χ1) is 0. The zero-order valence-corrected chi connectivity index (χ0v) is 2.87. The van der Waals surface area contributed by atoms with Crippen molar-refractivity contribution in [3.63, 3.8) is 0 Å². The van der Waals surface area contributed by atoms with Crippen LogP contribution in [0.3, 0.4) is 0 Å². The topological polar surface area (TPSA) is 91.5 Å². The summed E-state index contributed by atoms with van der Waals surface area (Å²) in [6.45, 7) is 0. The van der Waals surface area contributed by atoms with E-state index in [0.717, 1.165) is 0 Å². The molecule has 0 aromatic rings. The van der Waals surface area contributed by atoms with Gasteiger partial charge in [-0.15, -0.1) is 0 Å². The quantitative estimate of drug-likeness (QED) is 0.328. The first-order valence-electron chi connectivity index (χ1n) is 0. The molecule has 0 aliphatic carbocycles. The predicted octanol–water partition coefficient (Wildman–Crippen LogP) is -1.77. The fraction of sp³-hybridized carbons (Fsp3) is 0. The maximum atomic E-state index is 0. The van der Waals surface area contributed by atoms with Crippen molar-refractivity contribution >= 4 is 0 Å². The molecule has 0 saturated heterocycles. The first-order valence-corrected chi connectivity index (χ1v) is 0. The molecule has 4 heavy (non-hydrogen) atoms. The van der Waals surface area contributed by atoms with Crippen LogP contribution in [-0.4, -0.2) is 11.0 Å². The van der Waals surface area contributed by atoms with Crippen LogP contribution in [0.5, 0.6) is 0 Å². The van der Waals surface area contributed by atoms with Gasteiger partial charge in [-0.25, -0.2) is 0 Å². The predicted molar refractivity (Wildman–Crippen MR) is 7.91 cm³/mol. The fourth-order valence-electron chi connectivity index (χ4n) is 0. The molecule has 0 amide bonds. The fourth-order valence-corrected chi connectivity index (χ4v) is 0. The molecular weight excluding hydrogens is 104 g/mol. The summed E-state index contributed by atoms with van der Waals surface area (Å²) in [5, 5.41) is 0.